The number of rotatable bonds is 4. The molecule has 4 aromatic rings. The fourth-order valence-corrected chi connectivity index (χ4v) is 2.95. The van der Waals surface area contributed by atoms with Gasteiger partial charge in [-0.15, -0.1) is 0 Å². The fraction of sp³-hybridized carbons (Fsp3) is 0.200. The fourth-order valence-electron chi connectivity index (χ4n) is 2.95. The molecule has 2 N–H and O–H groups in total. The van der Waals surface area contributed by atoms with Gasteiger partial charge in [-0.05, 0) is 30.3 Å². The summed E-state index contributed by atoms with van der Waals surface area (Å²) in [6.45, 7) is 4.03. The summed E-state index contributed by atoms with van der Waals surface area (Å²) in [6.07, 6.45) is 1.40. The predicted octanol–water partition coefficient (Wildman–Crippen LogP) is 3.03. The van der Waals surface area contributed by atoms with Crippen LogP contribution in [0.15, 0.2) is 53.6 Å². The maximum absolute atomic E-state index is 12.5. The highest BCUT2D eigenvalue weighted by Gasteiger charge is 2.10. The predicted molar refractivity (Wildman–Crippen MR) is 105 cm³/mol. The molecule has 2 heterocycles. The van der Waals surface area contributed by atoms with Crippen molar-refractivity contribution in [2.45, 2.75) is 26.3 Å². The van der Waals surface area contributed by atoms with Gasteiger partial charge in [0.1, 0.15) is 12.4 Å². The Labute approximate surface area is 155 Å². The second-order valence-corrected chi connectivity index (χ2v) is 6.75. The second kappa shape index (κ2) is 6.68. The second-order valence-electron chi connectivity index (χ2n) is 6.75. The summed E-state index contributed by atoms with van der Waals surface area (Å²) in [5, 5.41) is 3.32. The molecular weight excluding hydrogens is 342 g/mol. The van der Waals surface area contributed by atoms with E-state index >= 15 is 0 Å². The minimum absolute atomic E-state index is 0.102. The molecule has 27 heavy (non-hydrogen) atoms. The molecule has 7 heteroatoms. The van der Waals surface area contributed by atoms with Gasteiger partial charge in [0.15, 0.2) is 0 Å². The van der Waals surface area contributed by atoms with Crippen molar-refractivity contribution in [3.63, 3.8) is 0 Å². The molecule has 4 rings (SSSR count). The first kappa shape index (κ1) is 17.0. The number of nitrogens with zero attached hydrogens (tertiary/aromatic N) is 3. The monoisotopic (exact) mass is 361 g/mol. The van der Waals surface area contributed by atoms with Crippen molar-refractivity contribution in [1.29, 1.82) is 0 Å². The van der Waals surface area contributed by atoms with Crippen LogP contribution in [0.3, 0.4) is 0 Å². The molecule has 0 atom stereocenters. The number of amides is 1. The number of aromatic amines is 1. The van der Waals surface area contributed by atoms with E-state index in [0.29, 0.717) is 22.5 Å². The Kier molecular flexibility index (Phi) is 4.19. The molecule has 0 bridgehead atoms. The van der Waals surface area contributed by atoms with Crippen molar-refractivity contribution in [1.82, 2.24) is 19.5 Å². The Balaban J connectivity index is 1.55. The molecule has 0 aliphatic heterocycles. The normalized spacial score (nSPS) is 11.4. The lowest BCUT2D eigenvalue weighted by Crippen LogP contribution is -2.27. The van der Waals surface area contributed by atoms with Crippen LogP contribution in [0.5, 0.6) is 0 Å². The Hall–Kier alpha value is -3.48. The van der Waals surface area contributed by atoms with Gasteiger partial charge in [0.05, 0.1) is 28.3 Å². The number of nitrogens with one attached hydrogen (secondary N) is 2. The maximum Gasteiger partial charge on any atom is 0.261 e. The first-order valence-electron chi connectivity index (χ1n) is 8.75. The molecule has 0 spiro atoms. The number of fused-ring (bicyclic) bond motifs is 2. The number of para-hydroxylation sites is 1. The summed E-state index contributed by atoms with van der Waals surface area (Å²) >= 11 is 0. The molecule has 136 valence electrons. The molecule has 0 aliphatic rings. The molecule has 0 radical (unpaired) electrons. The minimum atomic E-state index is -0.294. The number of carbonyl (C=O) groups is 1. The highest BCUT2D eigenvalue weighted by atomic mass is 16.2. The largest absolute Gasteiger partial charge is 0.342 e. The molecule has 0 saturated carbocycles. The molecule has 1 amide bonds. The molecule has 0 fully saturated rings. The highest BCUT2D eigenvalue weighted by Crippen LogP contribution is 2.20. The SMILES string of the molecule is CC(C)c1nc2ccc(NC(=O)Cn3cnc4ccccc4c3=O)cc2[nH]1. The molecular formula is C20H19N5O2. The zero-order valence-corrected chi connectivity index (χ0v) is 15.1. The van der Waals surface area contributed by atoms with Gasteiger partial charge in [-0.25, -0.2) is 9.97 Å². The quantitative estimate of drug-likeness (QED) is 0.584. The van der Waals surface area contributed by atoms with E-state index in [-0.39, 0.29) is 18.0 Å². The lowest BCUT2D eigenvalue weighted by Gasteiger charge is -2.08. The highest BCUT2D eigenvalue weighted by molar-refractivity contribution is 5.93. The standard InChI is InChI=1S/C20H19N5O2/c1-12(2)19-23-16-8-7-13(9-17(16)24-19)22-18(26)10-25-11-21-15-6-4-3-5-14(15)20(25)27/h3-9,11-12H,10H2,1-2H3,(H,22,26)(H,23,24). The third kappa shape index (κ3) is 3.31. The first-order chi connectivity index (χ1) is 13.0. The van der Waals surface area contributed by atoms with E-state index < -0.39 is 0 Å². The summed E-state index contributed by atoms with van der Waals surface area (Å²) in [5.41, 5.74) is 2.74. The van der Waals surface area contributed by atoms with Crippen molar-refractivity contribution in [3.05, 3.63) is 65.0 Å². The van der Waals surface area contributed by atoms with Gasteiger partial charge in [-0.2, -0.15) is 0 Å². The third-order valence-electron chi connectivity index (χ3n) is 4.38. The van der Waals surface area contributed by atoms with Crippen LogP contribution in [0.25, 0.3) is 21.9 Å². The van der Waals surface area contributed by atoms with E-state index in [1.807, 2.05) is 18.2 Å². The van der Waals surface area contributed by atoms with Crippen LogP contribution in [0.2, 0.25) is 0 Å². The number of aromatic nitrogens is 4. The van der Waals surface area contributed by atoms with Crippen LogP contribution in [0, 0.1) is 0 Å². The van der Waals surface area contributed by atoms with Gasteiger partial charge in [-0.1, -0.05) is 26.0 Å². The average Bonchev–Trinajstić information content (AvgIpc) is 3.08. The summed E-state index contributed by atoms with van der Waals surface area (Å²) in [7, 11) is 0. The molecule has 7 nitrogen and oxygen atoms in total. The van der Waals surface area contributed by atoms with E-state index in [1.165, 1.54) is 10.9 Å². The van der Waals surface area contributed by atoms with Gasteiger partial charge in [0, 0.05) is 11.6 Å². The molecule has 2 aromatic carbocycles. The summed E-state index contributed by atoms with van der Waals surface area (Å²) in [5.74, 6) is 0.905. The van der Waals surface area contributed by atoms with Crippen LogP contribution < -0.4 is 10.9 Å². The van der Waals surface area contributed by atoms with Crippen molar-refractivity contribution in [3.8, 4) is 0 Å². The Morgan fingerprint density at radius 3 is 2.81 bits per heavy atom. The van der Waals surface area contributed by atoms with Gasteiger partial charge >= 0.3 is 0 Å². The number of hydrogen-bond acceptors (Lipinski definition) is 4. The smallest absolute Gasteiger partial charge is 0.261 e. The Bertz CT molecular complexity index is 1210. The van der Waals surface area contributed by atoms with Crippen molar-refractivity contribution in [2.24, 2.45) is 0 Å². The number of anilines is 1. The van der Waals surface area contributed by atoms with Crippen LogP contribution in [0.1, 0.15) is 25.6 Å². The summed E-state index contributed by atoms with van der Waals surface area (Å²) < 4.78 is 1.31. The minimum Gasteiger partial charge on any atom is -0.342 e. The Morgan fingerprint density at radius 1 is 1.19 bits per heavy atom. The summed E-state index contributed by atoms with van der Waals surface area (Å²) in [4.78, 5) is 36.9. The van der Waals surface area contributed by atoms with E-state index in [1.54, 1.807) is 24.3 Å². The topological polar surface area (TPSA) is 92.7 Å². The number of hydrogen-bond donors (Lipinski definition) is 2. The van der Waals surface area contributed by atoms with Crippen molar-refractivity contribution < 1.29 is 4.79 Å². The number of H-pyrrole nitrogens is 1. The van der Waals surface area contributed by atoms with Gasteiger partial charge in [0.25, 0.3) is 5.56 Å². The van der Waals surface area contributed by atoms with E-state index in [9.17, 15) is 9.59 Å². The van der Waals surface area contributed by atoms with Crippen LogP contribution >= 0.6 is 0 Å². The summed E-state index contributed by atoms with van der Waals surface area (Å²) in [6, 6.07) is 12.6. The number of benzene rings is 2. The van der Waals surface area contributed by atoms with Crippen molar-refractivity contribution >= 4 is 33.5 Å². The van der Waals surface area contributed by atoms with Crippen LogP contribution in [-0.2, 0) is 11.3 Å². The molecule has 2 aromatic heterocycles. The van der Waals surface area contributed by atoms with Crippen LogP contribution in [-0.4, -0.2) is 25.4 Å². The lowest BCUT2D eigenvalue weighted by molar-refractivity contribution is -0.116. The van der Waals surface area contributed by atoms with E-state index in [4.69, 9.17) is 0 Å². The Morgan fingerprint density at radius 2 is 2.00 bits per heavy atom. The van der Waals surface area contributed by atoms with Crippen LogP contribution in [0.4, 0.5) is 5.69 Å². The van der Waals surface area contributed by atoms with Crippen molar-refractivity contribution in [2.75, 3.05) is 5.32 Å². The maximum atomic E-state index is 12.5. The molecule has 0 unspecified atom stereocenters. The average molecular weight is 361 g/mol. The van der Waals surface area contributed by atoms with Gasteiger partial charge < -0.3 is 10.3 Å². The number of imidazole rings is 1. The lowest BCUT2D eigenvalue weighted by atomic mass is 10.2. The van der Waals surface area contributed by atoms with Gasteiger partial charge in [-0.3, -0.25) is 14.2 Å². The van der Waals surface area contributed by atoms with E-state index in [0.717, 1.165) is 16.9 Å². The van der Waals surface area contributed by atoms with Gasteiger partial charge in [0.2, 0.25) is 5.91 Å². The number of carbonyl (C=O) groups excluding carboxylic acids is 1. The molecule has 0 saturated heterocycles. The zero-order chi connectivity index (χ0) is 19.0. The first-order valence-corrected chi connectivity index (χ1v) is 8.75. The zero-order valence-electron chi connectivity index (χ0n) is 15.1. The van der Waals surface area contributed by atoms with E-state index in [2.05, 4.69) is 34.1 Å². The third-order valence-corrected chi connectivity index (χ3v) is 4.38. The molecule has 0 aliphatic carbocycles.